The minimum absolute atomic E-state index is 0.799. The highest BCUT2D eigenvalue weighted by atomic mass is 28.4. The van der Waals surface area contributed by atoms with Crippen LogP contribution in [0.1, 0.15) is 5.56 Å². The summed E-state index contributed by atoms with van der Waals surface area (Å²) in [7, 11) is 5.17. The lowest BCUT2D eigenvalue weighted by atomic mass is 10.2. The first-order valence-corrected chi connectivity index (χ1v) is 7.58. The van der Waals surface area contributed by atoms with Crippen LogP contribution in [0.4, 0.5) is 0 Å². The van der Waals surface area contributed by atoms with Gasteiger partial charge in [-0.15, -0.1) is 0 Å². The predicted molar refractivity (Wildman–Crippen MR) is 74.5 cm³/mol. The van der Waals surface area contributed by atoms with Gasteiger partial charge in [0.2, 0.25) is 0 Å². The first kappa shape index (κ1) is 14.1. The van der Waals surface area contributed by atoms with Crippen molar-refractivity contribution in [2.75, 3.05) is 34.5 Å². The summed E-state index contributed by atoms with van der Waals surface area (Å²) < 4.78 is 11.4. The van der Waals surface area contributed by atoms with Crippen LogP contribution in [0.15, 0.2) is 30.8 Å². The van der Waals surface area contributed by atoms with Gasteiger partial charge in [0.25, 0.3) is 0 Å². The molecule has 0 aliphatic heterocycles. The SMILES string of the molecule is C=Cc1ccc([Si](CN(C)C)(OC)OC)cc1. The first-order chi connectivity index (χ1) is 8.07. The van der Waals surface area contributed by atoms with Crippen LogP contribution in [0.3, 0.4) is 0 Å². The Hall–Kier alpha value is -0.943. The molecule has 17 heavy (non-hydrogen) atoms. The van der Waals surface area contributed by atoms with Gasteiger partial charge in [-0.1, -0.05) is 36.9 Å². The summed E-state index contributed by atoms with van der Waals surface area (Å²) in [5.74, 6) is 0. The van der Waals surface area contributed by atoms with E-state index < -0.39 is 8.56 Å². The molecule has 0 spiro atoms. The molecule has 3 nitrogen and oxygen atoms in total. The van der Waals surface area contributed by atoms with E-state index in [0.29, 0.717) is 0 Å². The second-order valence-electron chi connectivity index (χ2n) is 4.23. The molecule has 1 rings (SSSR count). The molecule has 1 aromatic carbocycles. The van der Waals surface area contributed by atoms with Crippen LogP contribution in [0.5, 0.6) is 0 Å². The van der Waals surface area contributed by atoms with E-state index in [1.165, 1.54) is 0 Å². The monoisotopic (exact) mass is 251 g/mol. The third-order valence-corrected chi connectivity index (χ3v) is 6.35. The molecule has 0 atom stereocenters. The summed E-state index contributed by atoms with van der Waals surface area (Å²) in [5.41, 5.74) is 1.11. The van der Waals surface area contributed by atoms with Crippen LogP contribution < -0.4 is 5.19 Å². The maximum atomic E-state index is 5.71. The van der Waals surface area contributed by atoms with E-state index in [4.69, 9.17) is 8.85 Å². The standard InChI is InChI=1S/C13H21NO2Si/c1-6-12-7-9-13(10-8-12)17(15-4,16-5)11-14(2)3/h6-10H,1,11H2,2-5H3. The van der Waals surface area contributed by atoms with Gasteiger partial charge in [-0.2, -0.15) is 0 Å². The van der Waals surface area contributed by atoms with Gasteiger partial charge in [0.1, 0.15) is 0 Å². The van der Waals surface area contributed by atoms with Gasteiger partial charge < -0.3 is 13.8 Å². The van der Waals surface area contributed by atoms with Crippen molar-refractivity contribution in [1.29, 1.82) is 0 Å². The molecule has 1 aromatic rings. The van der Waals surface area contributed by atoms with E-state index in [-0.39, 0.29) is 0 Å². The van der Waals surface area contributed by atoms with E-state index in [0.717, 1.165) is 16.9 Å². The minimum Gasteiger partial charge on any atom is -0.394 e. The fourth-order valence-electron chi connectivity index (χ4n) is 1.83. The van der Waals surface area contributed by atoms with Crippen molar-refractivity contribution in [1.82, 2.24) is 4.90 Å². The Bertz CT molecular complexity index is 358. The topological polar surface area (TPSA) is 21.7 Å². The Morgan fingerprint density at radius 2 is 1.71 bits per heavy atom. The van der Waals surface area contributed by atoms with E-state index in [1.54, 1.807) is 14.2 Å². The molecule has 4 heteroatoms. The molecule has 0 bridgehead atoms. The molecule has 0 aliphatic rings. The van der Waals surface area contributed by atoms with Gasteiger partial charge in [-0.3, -0.25) is 0 Å². The molecule has 94 valence electrons. The molecule has 0 N–H and O–H groups in total. The van der Waals surface area contributed by atoms with Crippen molar-refractivity contribution >= 4 is 19.8 Å². The Kier molecular flexibility index (Phi) is 5.08. The quantitative estimate of drug-likeness (QED) is 0.713. The number of hydrogen-bond donors (Lipinski definition) is 0. The summed E-state index contributed by atoms with van der Waals surface area (Å²) >= 11 is 0. The Morgan fingerprint density at radius 3 is 2.06 bits per heavy atom. The molecular weight excluding hydrogens is 230 g/mol. The number of nitrogens with zero attached hydrogens (tertiary/aromatic N) is 1. The number of hydrogen-bond acceptors (Lipinski definition) is 3. The first-order valence-electron chi connectivity index (χ1n) is 5.56. The van der Waals surface area contributed by atoms with Crippen molar-refractivity contribution in [2.24, 2.45) is 0 Å². The summed E-state index contributed by atoms with van der Waals surface area (Å²) in [6.45, 7) is 3.75. The van der Waals surface area contributed by atoms with Crippen molar-refractivity contribution < 1.29 is 8.85 Å². The fourth-order valence-corrected chi connectivity index (χ4v) is 4.41. The van der Waals surface area contributed by atoms with Crippen LogP contribution in [0.2, 0.25) is 0 Å². The van der Waals surface area contributed by atoms with Gasteiger partial charge in [0, 0.05) is 20.4 Å². The second kappa shape index (κ2) is 6.12. The zero-order chi connectivity index (χ0) is 12.9. The molecule has 0 aliphatic carbocycles. The summed E-state index contributed by atoms with van der Waals surface area (Å²) in [4.78, 5) is 2.10. The van der Waals surface area contributed by atoms with E-state index in [9.17, 15) is 0 Å². The normalized spacial score (nSPS) is 11.8. The van der Waals surface area contributed by atoms with Crippen LogP contribution >= 0.6 is 0 Å². The van der Waals surface area contributed by atoms with Crippen LogP contribution in [0, 0.1) is 0 Å². The zero-order valence-corrected chi connectivity index (χ0v) is 12.1. The highest BCUT2D eigenvalue weighted by Gasteiger charge is 2.38. The van der Waals surface area contributed by atoms with Gasteiger partial charge >= 0.3 is 8.56 Å². The number of benzene rings is 1. The van der Waals surface area contributed by atoms with E-state index >= 15 is 0 Å². The maximum absolute atomic E-state index is 5.71. The smallest absolute Gasteiger partial charge is 0.386 e. The summed E-state index contributed by atoms with van der Waals surface area (Å²) in [6, 6.07) is 8.22. The highest BCUT2D eigenvalue weighted by Crippen LogP contribution is 2.09. The molecule has 0 heterocycles. The molecular formula is C13H21NO2Si. The van der Waals surface area contributed by atoms with Gasteiger partial charge in [0.15, 0.2) is 0 Å². The van der Waals surface area contributed by atoms with Crippen LogP contribution in [0.25, 0.3) is 6.08 Å². The highest BCUT2D eigenvalue weighted by molar-refractivity contribution is 6.81. The third kappa shape index (κ3) is 3.26. The summed E-state index contributed by atoms with van der Waals surface area (Å²) in [6.07, 6.45) is 2.63. The maximum Gasteiger partial charge on any atom is 0.386 e. The summed E-state index contributed by atoms with van der Waals surface area (Å²) in [5, 5.41) is 1.14. The average Bonchev–Trinajstić information content (AvgIpc) is 2.36. The fraction of sp³-hybridized carbons (Fsp3) is 0.385. The Balaban J connectivity index is 3.07. The Labute approximate surface area is 105 Å². The van der Waals surface area contributed by atoms with Crippen molar-refractivity contribution in [2.45, 2.75) is 0 Å². The zero-order valence-electron chi connectivity index (χ0n) is 11.1. The molecule has 0 amide bonds. The Morgan fingerprint density at radius 1 is 1.18 bits per heavy atom. The molecule has 0 saturated heterocycles. The van der Waals surface area contributed by atoms with Crippen molar-refractivity contribution in [3.63, 3.8) is 0 Å². The largest absolute Gasteiger partial charge is 0.394 e. The second-order valence-corrected chi connectivity index (χ2v) is 7.44. The lowest BCUT2D eigenvalue weighted by Crippen LogP contribution is -2.59. The lowest BCUT2D eigenvalue weighted by Gasteiger charge is -2.30. The van der Waals surface area contributed by atoms with E-state index in [2.05, 4.69) is 23.6 Å². The molecule has 0 aromatic heterocycles. The van der Waals surface area contributed by atoms with Crippen LogP contribution in [-0.4, -0.2) is 47.9 Å². The van der Waals surface area contributed by atoms with Crippen LogP contribution in [-0.2, 0) is 8.85 Å². The van der Waals surface area contributed by atoms with Crippen molar-refractivity contribution in [3.05, 3.63) is 36.4 Å². The molecule has 0 fully saturated rings. The van der Waals surface area contributed by atoms with Crippen molar-refractivity contribution in [3.8, 4) is 0 Å². The number of rotatable bonds is 6. The molecule has 0 radical (unpaired) electrons. The third-order valence-electron chi connectivity index (χ3n) is 2.77. The van der Waals surface area contributed by atoms with Gasteiger partial charge in [-0.05, 0) is 24.8 Å². The molecule has 0 unspecified atom stereocenters. The lowest BCUT2D eigenvalue weighted by molar-refractivity contribution is 0.238. The van der Waals surface area contributed by atoms with E-state index in [1.807, 2.05) is 32.3 Å². The average molecular weight is 251 g/mol. The van der Waals surface area contributed by atoms with Gasteiger partial charge in [-0.25, -0.2) is 0 Å². The molecule has 0 saturated carbocycles. The van der Waals surface area contributed by atoms with Gasteiger partial charge in [0.05, 0.1) is 0 Å². The predicted octanol–water partition coefficient (Wildman–Crippen LogP) is 1.37. The minimum atomic E-state index is -2.33.